The van der Waals surface area contributed by atoms with Gasteiger partial charge in [0, 0.05) is 5.56 Å². The van der Waals surface area contributed by atoms with Crippen molar-refractivity contribution in [3.63, 3.8) is 0 Å². The summed E-state index contributed by atoms with van der Waals surface area (Å²) in [7, 11) is 0. The lowest BCUT2D eigenvalue weighted by atomic mass is 10.0. The van der Waals surface area contributed by atoms with Crippen molar-refractivity contribution in [3.05, 3.63) is 53.6 Å². The Bertz CT molecular complexity index is 552. The number of ether oxygens (including phenoxy) is 1. The summed E-state index contributed by atoms with van der Waals surface area (Å²) >= 11 is 6.04. The van der Waals surface area contributed by atoms with Crippen molar-refractivity contribution in [2.45, 2.75) is 0 Å². The van der Waals surface area contributed by atoms with Crippen LogP contribution >= 0.6 is 11.6 Å². The SMILES string of the molecule is O=C(O)COc1c(Cl)cccc1-c1ccccc1. The molecule has 0 aliphatic rings. The van der Waals surface area contributed by atoms with Crippen LogP contribution < -0.4 is 4.74 Å². The monoisotopic (exact) mass is 262 g/mol. The fourth-order valence-electron chi connectivity index (χ4n) is 1.63. The molecule has 0 aliphatic heterocycles. The summed E-state index contributed by atoms with van der Waals surface area (Å²) in [5.74, 6) is -0.637. The molecule has 3 nitrogen and oxygen atoms in total. The van der Waals surface area contributed by atoms with Gasteiger partial charge in [-0.2, -0.15) is 0 Å². The van der Waals surface area contributed by atoms with Crippen molar-refractivity contribution >= 4 is 17.6 Å². The number of hydrogen-bond acceptors (Lipinski definition) is 2. The molecule has 0 saturated heterocycles. The number of para-hydroxylation sites is 1. The van der Waals surface area contributed by atoms with Crippen molar-refractivity contribution in [1.29, 1.82) is 0 Å². The molecule has 0 heterocycles. The average molecular weight is 263 g/mol. The van der Waals surface area contributed by atoms with E-state index >= 15 is 0 Å². The molecule has 0 aromatic heterocycles. The molecule has 0 atom stereocenters. The fourth-order valence-corrected chi connectivity index (χ4v) is 1.86. The smallest absolute Gasteiger partial charge is 0.341 e. The minimum Gasteiger partial charge on any atom is -0.480 e. The lowest BCUT2D eigenvalue weighted by molar-refractivity contribution is -0.139. The molecule has 0 aliphatic carbocycles. The van der Waals surface area contributed by atoms with Crippen molar-refractivity contribution in [1.82, 2.24) is 0 Å². The van der Waals surface area contributed by atoms with Crippen LogP contribution in [0.3, 0.4) is 0 Å². The van der Waals surface area contributed by atoms with E-state index in [2.05, 4.69) is 0 Å². The highest BCUT2D eigenvalue weighted by atomic mass is 35.5. The summed E-state index contributed by atoms with van der Waals surface area (Å²) < 4.78 is 5.25. The minimum atomic E-state index is -1.03. The van der Waals surface area contributed by atoms with Crippen LogP contribution in [-0.4, -0.2) is 17.7 Å². The number of carbonyl (C=O) groups is 1. The first-order chi connectivity index (χ1) is 8.68. The highest BCUT2D eigenvalue weighted by molar-refractivity contribution is 6.32. The second kappa shape index (κ2) is 5.56. The molecule has 0 amide bonds. The molecule has 4 heteroatoms. The van der Waals surface area contributed by atoms with Crippen LogP contribution in [0.1, 0.15) is 0 Å². The van der Waals surface area contributed by atoms with E-state index in [0.717, 1.165) is 11.1 Å². The summed E-state index contributed by atoms with van der Waals surface area (Å²) in [6, 6.07) is 14.9. The molecule has 18 heavy (non-hydrogen) atoms. The Hall–Kier alpha value is -2.00. The predicted octanol–water partition coefficient (Wildman–Crippen LogP) is 3.47. The minimum absolute atomic E-state index is 0.396. The van der Waals surface area contributed by atoms with E-state index in [-0.39, 0.29) is 0 Å². The van der Waals surface area contributed by atoms with E-state index in [0.29, 0.717) is 10.8 Å². The Balaban J connectivity index is 2.41. The summed E-state index contributed by atoms with van der Waals surface area (Å²) in [6.07, 6.45) is 0. The quantitative estimate of drug-likeness (QED) is 0.918. The van der Waals surface area contributed by atoms with E-state index in [9.17, 15) is 4.79 Å². The second-order valence-corrected chi connectivity index (χ2v) is 4.07. The lowest BCUT2D eigenvalue weighted by Crippen LogP contribution is -2.10. The topological polar surface area (TPSA) is 46.5 Å². The van der Waals surface area contributed by atoms with Crippen molar-refractivity contribution in [3.8, 4) is 16.9 Å². The van der Waals surface area contributed by atoms with Gasteiger partial charge in [0.05, 0.1) is 5.02 Å². The number of carboxylic acids is 1. The third kappa shape index (κ3) is 2.81. The summed E-state index contributed by atoms with van der Waals surface area (Å²) in [5, 5.41) is 9.06. The van der Waals surface area contributed by atoms with Crippen molar-refractivity contribution in [2.24, 2.45) is 0 Å². The van der Waals surface area contributed by atoms with Gasteiger partial charge >= 0.3 is 5.97 Å². The summed E-state index contributed by atoms with van der Waals surface area (Å²) in [6.45, 7) is -0.413. The van der Waals surface area contributed by atoms with E-state index in [1.165, 1.54) is 0 Å². The van der Waals surface area contributed by atoms with Gasteiger partial charge in [-0.1, -0.05) is 54.1 Å². The van der Waals surface area contributed by atoms with Crippen LogP contribution in [-0.2, 0) is 4.79 Å². The lowest BCUT2D eigenvalue weighted by Gasteiger charge is -2.11. The van der Waals surface area contributed by atoms with Crippen LogP contribution in [0.25, 0.3) is 11.1 Å². The number of aliphatic carboxylic acids is 1. The van der Waals surface area contributed by atoms with Crippen LogP contribution in [0.5, 0.6) is 5.75 Å². The Kier molecular flexibility index (Phi) is 3.85. The van der Waals surface area contributed by atoms with Gasteiger partial charge in [0.1, 0.15) is 5.75 Å². The maximum atomic E-state index is 10.6. The molecule has 92 valence electrons. The average Bonchev–Trinajstić information content (AvgIpc) is 2.38. The van der Waals surface area contributed by atoms with Gasteiger partial charge in [0.2, 0.25) is 0 Å². The van der Waals surface area contributed by atoms with Crippen LogP contribution in [0.4, 0.5) is 0 Å². The highest BCUT2D eigenvalue weighted by Gasteiger charge is 2.11. The summed E-state index contributed by atoms with van der Waals surface area (Å²) in [5.41, 5.74) is 1.71. The van der Waals surface area contributed by atoms with Crippen LogP contribution in [0, 0.1) is 0 Å². The van der Waals surface area contributed by atoms with Gasteiger partial charge in [-0.05, 0) is 11.6 Å². The zero-order valence-corrected chi connectivity index (χ0v) is 10.2. The molecular formula is C14H11ClO3. The molecular weight excluding hydrogens is 252 g/mol. The molecule has 2 rings (SSSR count). The standard InChI is InChI=1S/C14H11ClO3/c15-12-8-4-7-11(10-5-2-1-3-6-10)14(12)18-9-13(16)17/h1-8H,9H2,(H,16,17). The molecule has 0 fully saturated rings. The molecule has 2 aromatic rings. The molecule has 1 N–H and O–H groups in total. The first-order valence-electron chi connectivity index (χ1n) is 5.37. The number of rotatable bonds is 4. The highest BCUT2D eigenvalue weighted by Crippen LogP contribution is 2.35. The maximum absolute atomic E-state index is 10.6. The zero-order chi connectivity index (χ0) is 13.0. The fraction of sp³-hybridized carbons (Fsp3) is 0.0714. The van der Waals surface area contributed by atoms with Crippen LogP contribution in [0.2, 0.25) is 5.02 Å². The van der Waals surface area contributed by atoms with Gasteiger partial charge in [-0.25, -0.2) is 4.79 Å². The molecule has 0 bridgehead atoms. The van der Waals surface area contributed by atoms with E-state index in [1.807, 2.05) is 36.4 Å². The number of halogens is 1. The van der Waals surface area contributed by atoms with Gasteiger partial charge in [-0.3, -0.25) is 0 Å². The number of hydrogen-bond donors (Lipinski definition) is 1. The molecule has 2 aromatic carbocycles. The van der Waals surface area contributed by atoms with Gasteiger partial charge in [-0.15, -0.1) is 0 Å². The zero-order valence-electron chi connectivity index (χ0n) is 9.47. The Morgan fingerprint density at radius 2 is 1.83 bits per heavy atom. The molecule has 0 spiro atoms. The summed E-state index contributed by atoms with van der Waals surface area (Å²) in [4.78, 5) is 10.6. The molecule has 0 radical (unpaired) electrons. The molecule has 0 saturated carbocycles. The number of benzene rings is 2. The van der Waals surface area contributed by atoms with Crippen LogP contribution in [0.15, 0.2) is 48.5 Å². The second-order valence-electron chi connectivity index (χ2n) is 3.66. The van der Waals surface area contributed by atoms with Gasteiger partial charge < -0.3 is 9.84 Å². The van der Waals surface area contributed by atoms with Crippen molar-refractivity contribution < 1.29 is 14.6 Å². The van der Waals surface area contributed by atoms with Crippen molar-refractivity contribution in [2.75, 3.05) is 6.61 Å². The molecule has 0 unspecified atom stereocenters. The van der Waals surface area contributed by atoms with E-state index in [4.69, 9.17) is 21.4 Å². The predicted molar refractivity (Wildman–Crippen MR) is 70.0 cm³/mol. The Labute approximate surface area is 110 Å². The Morgan fingerprint density at radius 1 is 1.11 bits per heavy atom. The maximum Gasteiger partial charge on any atom is 0.341 e. The first kappa shape index (κ1) is 12.5. The first-order valence-corrected chi connectivity index (χ1v) is 5.75. The number of carboxylic acid groups (broad SMARTS) is 1. The van der Waals surface area contributed by atoms with Gasteiger partial charge in [0.25, 0.3) is 0 Å². The largest absolute Gasteiger partial charge is 0.480 e. The third-order valence-electron chi connectivity index (χ3n) is 2.39. The third-order valence-corrected chi connectivity index (χ3v) is 2.69. The normalized spacial score (nSPS) is 10.1. The van der Waals surface area contributed by atoms with Gasteiger partial charge in [0.15, 0.2) is 6.61 Å². The van der Waals surface area contributed by atoms with E-state index < -0.39 is 12.6 Å². The Morgan fingerprint density at radius 3 is 2.50 bits per heavy atom. The van der Waals surface area contributed by atoms with E-state index in [1.54, 1.807) is 12.1 Å².